The molecule has 1 aromatic rings. The smallest absolute Gasteiger partial charge is 0.210 e. The fraction of sp³-hybridized carbons (Fsp3) is 0.462. The Kier molecular flexibility index (Phi) is 8.67. The molecule has 0 bridgehead atoms. The van der Waals surface area contributed by atoms with Crippen LogP contribution >= 0.6 is 31.9 Å². The number of nitrogens with one attached hydrogen (secondary N) is 2. The fourth-order valence-electron chi connectivity index (χ4n) is 1.53. The van der Waals surface area contributed by atoms with Crippen LogP contribution in [0, 0.1) is 0 Å². The molecular formula is C13H20Br2N4O2. The summed E-state index contributed by atoms with van der Waals surface area (Å²) in [6.07, 6.45) is 0.839. The number of ether oxygens (including phenoxy) is 2. The van der Waals surface area contributed by atoms with Gasteiger partial charge in [-0.3, -0.25) is 10.4 Å². The molecule has 0 fully saturated rings. The van der Waals surface area contributed by atoms with Crippen molar-refractivity contribution >= 4 is 43.5 Å². The quantitative estimate of drug-likeness (QED) is 0.206. The maximum atomic E-state index is 5.48. The normalized spacial score (nSPS) is 11.4. The Morgan fingerprint density at radius 1 is 1.33 bits per heavy atom. The van der Waals surface area contributed by atoms with Crippen LogP contribution in [0.1, 0.15) is 13.3 Å². The standard InChI is InChI=1S/C13H20Br2N4O2/c1-3-21-6-4-5-17-13(19-16)18-11-8-12(20-2)10(15)7-9(11)14/h7-8H,3-6,16H2,1-2H3,(H2,17,18,19). The summed E-state index contributed by atoms with van der Waals surface area (Å²) < 4.78 is 12.3. The third-order valence-electron chi connectivity index (χ3n) is 2.55. The van der Waals surface area contributed by atoms with E-state index in [2.05, 4.69) is 47.6 Å². The minimum Gasteiger partial charge on any atom is -0.495 e. The number of rotatable bonds is 7. The molecule has 0 aliphatic heterocycles. The molecule has 4 N–H and O–H groups in total. The zero-order valence-corrected chi connectivity index (χ0v) is 15.3. The van der Waals surface area contributed by atoms with Crippen molar-refractivity contribution in [2.45, 2.75) is 13.3 Å². The fourth-order valence-corrected chi connectivity index (χ4v) is 2.79. The van der Waals surface area contributed by atoms with Crippen LogP contribution in [-0.4, -0.2) is 32.8 Å². The van der Waals surface area contributed by atoms with Gasteiger partial charge in [-0.15, -0.1) is 0 Å². The first-order chi connectivity index (χ1) is 10.1. The monoisotopic (exact) mass is 422 g/mol. The van der Waals surface area contributed by atoms with Crippen LogP contribution in [0.4, 0.5) is 5.69 Å². The van der Waals surface area contributed by atoms with Crippen LogP contribution in [0.5, 0.6) is 5.75 Å². The Labute approximate surface area is 141 Å². The molecule has 1 aromatic carbocycles. The van der Waals surface area contributed by atoms with Gasteiger partial charge in [0.15, 0.2) is 0 Å². The van der Waals surface area contributed by atoms with Gasteiger partial charge < -0.3 is 14.8 Å². The summed E-state index contributed by atoms with van der Waals surface area (Å²) >= 11 is 6.90. The summed E-state index contributed by atoms with van der Waals surface area (Å²) in [5.74, 6) is 6.68. The minimum atomic E-state index is 0.483. The molecule has 0 aromatic heterocycles. The first kappa shape index (κ1) is 18.2. The van der Waals surface area contributed by atoms with Crippen molar-refractivity contribution in [2.75, 3.05) is 32.2 Å². The molecule has 0 saturated carbocycles. The van der Waals surface area contributed by atoms with Gasteiger partial charge in [0.2, 0.25) is 5.96 Å². The van der Waals surface area contributed by atoms with E-state index >= 15 is 0 Å². The molecule has 118 valence electrons. The molecule has 0 heterocycles. The number of nitrogens with zero attached hydrogens (tertiary/aromatic N) is 1. The van der Waals surface area contributed by atoms with Gasteiger partial charge in [-0.1, -0.05) is 0 Å². The molecule has 0 saturated heterocycles. The lowest BCUT2D eigenvalue weighted by molar-refractivity contribution is 0.146. The Morgan fingerprint density at radius 2 is 2.10 bits per heavy atom. The number of methoxy groups -OCH3 is 1. The largest absolute Gasteiger partial charge is 0.495 e. The molecule has 0 atom stereocenters. The van der Waals surface area contributed by atoms with Gasteiger partial charge >= 0.3 is 0 Å². The number of aliphatic imine (C=N–C) groups is 1. The maximum Gasteiger partial charge on any atom is 0.210 e. The Hall–Kier alpha value is -0.830. The van der Waals surface area contributed by atoms with Gasteiger partial charge in [0, 0.05) is 30.3 Å². The van der Waals surface area contributed by atoms with E-state index in [1.807, 2.05) is 19.1 Å². The van der Waals surface area contributed by atoms with Crippen molar-refractivity contribution in [1.82, 2.24) is 5.43 Å². The summed E-state index contributed by atoms with van der Waals surface area (Å²) in [6.45, 7) is 4.00. The zero-order chi connectivity index (χ0) is 15.7. The Morgan fingerprint density at radius 3 is 2.71 bits per heavy atom. The molecule has 0 spiro atoms. The molecule has 6 nitrogen and oxygen atoms in total. The zero-order valence-electron chi connectivity index (χ0n) is 12.1. The topological polar surface area (TPSA) is 80.9 Å². The SMILES string of the molecule is CCOCCCN=C(NN)Nc1cc(OC)c(Br)cc1Br. The Bertz CT molecular complexity index is 483. The van der Waals surface area contributed by atoms with E-state index in [1.54, 1.807) is 7.11 Å². The van der Waals surface area contributed by atoms with E-state index in [0.717, 1.165) is 27.7 Å². The number of anilines is 1. The van der Waals surface area contributed by atoms with Crippen LogP contribution in [-0.2, 0) is 4.74 Å². The average molecular weight is 424 g/mol. The van der Waals surface area contributed by atoms with Crippen molar-refractivity contribution in [3.63, 3.8) is 0 Å². The van der Waals surface area contributed by atoms with Crippen molar-refractivity contribution in [1.29, 1.82) is 0 Å². The van der Waals surface area contributed by atoms with Gasteiger partial charge in [-0.05, 0) is 51.3 Å². The Balaban J connectivity index is 2.70. The number of hydrogen-bond donors (Lipinski definition) is 3. The molecule has 0 amide bonds. The highest BCUT2D eigenvalue weighted by Crippen LogP contribution is 2.34. The summed E-state index contributed by atoms with van der Waals surface area (Å²) in [4.78, 5) is 4.34. The highest BCUT2D eigenvalue weighted by molar-refractivity contribution is 9.11. The molecule has 0 unspecified atom stereocenters. The lowest BCUT2D eigenvalue weighted by atomic mass is 10.3. The van der Waals surface area contributed by atoms with E-state index in [-0.39, 0.29) is 0 Å². The third kappa shape index (κ3) is 6.21. The van der Waals surface area contributed by atoms with Crippen molar-refractivity contribution < 1.29 is 9.47 Å². The predicted molar refractivity (Wildman–Crippen MR) is 92.8 cm³/mol. The second kappa shape index (κ2) is 9.99. The second-order valence-electron chi connectivity index (χ2n) is 4.02. The third-order valence-corrected chi connectivity index (χ3v) is 3.83. The van der Waals surface area contributed by atoms with E-state index in [0.29, 0.717) is 24.9 Å². The number of hydrogen-bond acceptors (Lipinski definition) is 4. The number of hydrazine groups is 1. The maximum absolute atomic E-state index is 5.48. The molecule has 21 heavy (non-hydrogen) atoms. The lowest BCUT2D eigenvalue weighted by Gasteiger charge is -2.13. The lowest BCUT2D eigenvalue weighted by Crippen LogP contribution is -2.36. The van der Waals surface area contributed by atoms with Crippen LogP contribution in [0.15, 0.2) is 26.1 Å². The van der Waals surface area contributed by atoms with Crippen LogP contribution in [0.25, 0.3) is 0 Å². The minimum absolute atomic E-state index is 0.483. The van der Waals surface area contributed by atoms with Crippen molar-refractivity contribution in [2.24, 2.45) is 10.8 Å². The first-order valence-corrected chi connectivity index (χ1v) is 8.09. The number of guanidine groups is 1. The summed E-state index contributed by atoms with van der Waals surface area (Å²) in [7, 11) is 1.61. The van der Waals surface area contributed by atoms with Gasteiger partial charge in [0.1, 0.15) is 5.75 Å². The van der Waals surface area contributed by atoms with Gasteiger partial charge in [0.05, 0.1) is 17.3 Å². The second-order valence-corrected chi connectivity index (χ2v) is 5.73. The number of halogens is 2. The van der Waals surface area contributed by atoms with E-state index in [1.165, 1.54) is 0 Å². The van der Waals surface area contributed by atoms with Gasteiger partial charge in [-0.2, -0.15) is 0 Å². The number of nitrogens with two attached hydrogens (primary N) is 1. The molecule has 8 heteroatoms. The summed E-state index contributed by atoms with van der Waals surface area (Å²) in [5, 5.41) is 3.12. The van der Waals surface area contributed by atoms with Crippen molar-refractivity contribution in [3.05, 3.63) is 21.1 Å². The van der Waals surface area contributed by atoms with Crippen molar-refractivity contribution in [3.8, 4) is 5.75 Å². The van der Waals surface area contributed by atoms with Crippen LogP contribution < -0.4 is 21.3 Å². The van der Waals surface area contributed by atoms with Gasteiger partial charge in [-0.25, -0.2) is 5.84 Å². The van der Waals surface area contributed by atoms with E-state index in [9.17, 15) is 0 Å². The van der Waals surface area contributed by atoms with Gasteiger partial charge in [0.25, 0.3) is 0 Å². The molecule has 1 rings (SSSR count). The summed E-state index contributed by atoms with van der Waals surface area (Å²) in [6, 6.07) is 3.74. The average Bonchev–Trinajstić information content (AvgIpc) is 2.48. The predicted octanol–water partition coefficient (Wildman–Crippen LogP) is 2.88. The highest BCUT2D eigenvalue weighted by Gasteiger charge is 2.08. The van der Waals surface area contributed by atoms with Crippen LogP contribution in [0.3, 0.4) is 0 Å². The molecular weight excluding hydrogens is 404 g/mol. The molecule has 0 radical (unpaired) electrons. The summed E-state index contributed by atoms with van der Waals surface area (Å²) in [5.41, 5.74) is 3.35. The number of benzene rings is 1. The highest BCUT2D eigenvalue weighted by atomic mass is 79.9. The van der Waals surface area contributed by atoms with E-state index < -0.39 is 0 Å². The van der Waals surface area contributed by atoms with E-state index in [4.69, 9.17) is 15.3 Å². The molecule has 0 aliphatic carbocycles. The first-order valence-electron chi connectivity index (χ1n) is 6.51. The molecule has 0 aliphatic rings. The van der Waals surface area contributed by atoms with Crippen LogP contribution in [0.2, 0.25) is 0 Å².